The topological polar surface area (TPSA) is 59.0 Å². The van der Waals surface area contributed by atoms with Gasteiger partial charge in [-0.1, -0.05) is 6.07 Å². The molecule has 0 bridgehead atoms. The summed E-state index contributed by atoms with van der Waals surface area (Å²) >= 11 is 0. The lowest BCUT2D eigenvalue weighted by Crippen LogP contribution is -2.29. The highest BCUT2D eigenvalue weighted by atomic mass is 16.5. The molecule has 5 nitrogen and oxygen atoms in total. The van der Waals surface area contributed by atoms with E-state index in [0.29, 0.717) is 13.0 Å². The molecule has 1 saturated carbocycles. The van der Waals surface area contributed by atoms with E-state index < -0.39 is 0 Å². The number of hydrogen-bond acceptors (Lipinski definition) is 4. The first-order valence-corrected chi connectivity index (χ1v) is 8.25. The van der Waals surface area contributed by atoms with Gasteiger partial charge in [0, 0.05) is 31.0 Å². The molecule has 1 heterocycles. The highest BCUT2D eigenvalue weighted by molar-refractivity contribution is 5.76. The van der Waals surface area contributed by atoms with Crippen LogP contribution in [0, 0.1) is 5.41 Å². The lowest BCUT2D eigenvalue weighted by atomic mass is 10.0. The van der Waals surface area contributed by atoms with Gasteiger partial charge in [-0.05, 0) is 37.3 Å². The fourth-order valence-electron chi connectivity index (χ4n) is 3.44. The van der Waals surface area contributed by atoms with Crippen LogP contribution in [0.5, 0.6) is 11.5 Å². The minimum Gasteiger partial charge on any atom is -0.497 e. The number of aryl methyl sites for hydroxylation is 1. The lowest BCUT2D eigenvalue weighted by Gasteiger charge is -2.16. The van der Waals surface area contributed by atoms with Gasteiger partial charge in [0.15, 0.2) is 0 Å². The Morgan fingerprint density at radius 3 is 2.74 bits per heavy atom. The second-order valence-corrected chi connectivity index (χ2v) is 6.68. The van der Waals surface area contributed by atoms with Crippen LogP contribution in [0.2, 0.25) is 0 Å². The zero-order valence-corrected chi connectivity index (χ0v) is 13.9. The Morgan fingerprint density at radius 2 is 2.13 bits per heavy atom. The molecule has 0 radical (unpaired) electrons. The smallest absolute Gasteiger partial charge is 0.222 e. The van der Waals surface area contributed by atoms with Gasteiger partial charge in [0.1, 0.15) is 11.5 Å². The Balaban J connectivity index is 1.50. The second kappa shape index (κ2) is 6.40. The Kier molecular flexibility index (Phi) is 4.48. The van der Waals surface area contributed by atoms with Crippen molar-refractivity contribution in [1.82, 2.24) is 4.90 Å². The third kappa shape index (κ3) is 3.29. The Morgan fingerprint density at radius 1 is 1.35 bits per heavy atom. The fourth-order valence-corrected chi connectivity index (χ4v) is 3.44. The Hall–Kier alpha value is -1.75. The third-order valence-corrected chi connectivity index (χ3v) is 5.18. The van der Waals surface area contributed by atoms with Crippen molar-refractivity contribution in [2.75, 3.05) is 27.3 Å². The molecule has 1 aliphatic heterocycles. The maximum absolute atomic E-state index is 12.3. The number of likely N-dealkylation sites (tertiary alicyclic amines) is 1. The molecule has 2 aliphatic rings. The van der Waals surface area contributed by atoms with Crippen LogP contribution < -0.4 is 9.47 Å². The molecule has 126 valence electrons. The summed E-state index contributed by atoms with van der Waals surface area (Å²) in [5, 5.41) is 10.0. The fraction of sp³-hybridized carbons (Fsp3) is 0.611. The van der Waals surface area contributed by atoms with Crippen molar-refractivity contribution in [3.63, 3.8) is 0 Å². The zero-order valence-electron chi connectivity index (χ0n) is 13.9. The molecule has 2 fully saturated rings. The largest absolute Gasteiger partial charge is 0.497 e. The standard InChI is InChI=1S/C18H25NO4/c1-22-14-7-6-13(15(10-14)23-2)4-3-5-17(21)19-11-16(20)18(12-19)8-9-18/h6-7,10,16,20H,3-5,8-9,11-12H2,1-2H3. The van der Waals surface area contributed by atoms with Crippen molar-refractivity contribution >= 4 is 5.91 Å². The SMILES string of the molecule is COc1ccc(CCCC(=O)N2CC(O)C3(CC3)C2)c(OC)c1. The summed E-state index contributed by atoms with van der Waals surface area (Å²) in [6.45, 7) is 1.24. The van der Waals surface area contributed by atoms with Crippen molar-refractivity contribution in [3.8, 4) is 11.5 Å². The van der Waals surface area contributed by atoms with E-state index in [-0.39, 0.29) is 17.4 Å². The van der Waals surface area contributed by atoms with Gasteiger partial charge < -0.3 is 19.5 Å². The highest BCUT2D eigenvalue weighted by Gasteiger charge is 2.55. The molecule has 3 rings (SSSR count). The number of amides is 1. The molecular formula is C18H25NO4. The van der Waals surface area contributed by atoms with Gasteiger partial charge >= 0.3 is 0 Å². The van der Waals surface area contributed by atoms with Crippen molar-refractivity contribution in [2.24, 2.45) is 5.41 Å². The van der Waals surface area contributed by atoms with E-state index in [0.717, 1.165) is 49.3 Å². The number of rotatable bonds is 6. The normalized spacial score (nSPS) is 21.5. The number of nitrogens with zero attached hydrogens (tertiary/aromatic N) is 1. The molecule has 1 amide bonds. The average Bonchev–Trinajstić information content (AvgIpc) is 3.27. The number of methoxy groups -OCH3 is 2. The summed E-state index contributed by atoms with van der Waals surface area (Å²) in [6, 6.07) is 5.76. The van der Waals surface area contributed by atoms with E-state index in [1.807, 2.05) is 23.1 Å². The molecule has 1 aromatic rings. The summed E-state index contributed by atoms with van der Waals surface area (Å²) in [4.78, 5) is 14.2. The van der Waals surface area contributed by atoms with Gasteiger partial charge in [-0.15, -0.1) is 0 Å². The van der Waals surface area contributed by atoms with Crippen LogP contribution in [0.4, 0.5) is 0 Å². The molecule has 1 spiro atoms. The number of carbonyl (C=O) groups excluding carboxylic acids is 1. The average molecular weight is 319 g/mol. The third-order valence-electron chi connectivity index (χ3n) is 5.18. The molecule has 5 heteroatoms. The maximum atomic E-state index is 12.3. The summed E-state index contributed by atoms with van der Waals surface area (Å²) in [6.07, 6.45) is 3.87. The minimum absolute atomic E-state index is 0.0366. The number of β-amino-alcohol motifs (C(OH)–C–C–N with tert-alkyl or cyclic N) is 1. The molecule has 23 heavy (non-hydrogen) atoms. The van der Waals surface area contributed by atoms with Crippen LogP contribution in [-0.2, 0) is 11.2 Å². The summed E-state index contributed by atoms with van der Waals surface area (Å²) in [7, 11) is 3.27. The zero-order chi connectivity index (χ0) is 16.4. The van der Waals surface area contributed by atoms with Crippen LogP contribution in [0.1, 0.15) is 31.2 Å². The number of aliphatic hydroxyl groups excluding tert-OH is 1. The van der Waals surface area contributed by atoms with Crippen LogP contribution in [0.15, 0.2) is 18.2 Å². The Labute approximate surface area is 137 Å². The van der Waals surface area contributed by atoms with Gasteiger partial charge in [-0.3, -0.25) is 4.79 Å². The summed E-state index contributed by atoms with van der Waals surface area (Å²) < 4.78 is 10.6. The van der Waals surface area contributed by atoms with Crippen molar-refractivity contribution in [1.29, 1.82) is 0 Å². The van der Waals surface area contributed by atoms with Crippen molar-refractivity contribution in [3.05, 3.63) is 23.8 Å². The number of benzene rings is 1. The maximum Gasteiger partial charge on any atom is 0.222 e. The molecule has 1 unspecified atom stereocenters. The highest BCUT2D eigenvalue weighted by Crippen LogP contribution is 2.52. The van der Waals surface area contributed by atoms with E-state index in [4.69, 9.17) is 9.47 Å². The molecule has 1 N–H and O–H groups in total. The molecule has 1 saturated heterocycles. The quantitative estimate of drug-likeness (QED) is 0.871. The van der Waals surface area contributed by atoms with Gasteiger partial charge in [-0.25, -0.2) is 0 Å². The van der Waals surface area contributed by atoms with E-state index in [1.54, 1.807) is 14.2 Å². The first-order chi connectivity index (χ1) is 11.1. The number of carbonyl (C=O) groups is 1. The number of aliphatic hydroxyl groups is 1. The van der Waals surface area contributed by atoms with Crippen molar-refractivity contribution < 1.29 is 19.4 Å². The molecular weight excluding hydrogens is 294 g/mol. The predicted octanol–water partition coefficient (Wildman–Crippen LogP) is 2.01. The van der Waals surface area contributed by atoms with E-state index in [1.165, 1.54) is 0 Å². The molecule has 1 atom stereocenters. The Bertz CT molecular complexity index is 582. The molecule has 1 aromatic carbocycles. The van der Waals surface area contributed by atoms with Gasteiger partial charge in [0.2, 0.25) is 5.91 Å². The summed E-state index contributed by atoms with van der Waals surface area (Å²) in [5.41, 5.74) is 1.12. The van der Waals surface area contributed by atoms with Crippen LogP contribution in [0.25, 0.3) is 0 Å². The van der Waals surface area contributed by atoms with Crippen molar-refractivity contribution in [2.45, 2.75) is 38.2 Å². The lowest BCUT2D eigenvalue weighted by molar-refractivity contribution is -0.130. The van der Waals surface area contributed by atoms with Gasteiger partial charge in [-0.2, -0.15) is 0 Å². The molecule has 1 aliphatic carbocycles. The van der Waals surface area contributed by atoms with E-state index >= 15 is 0 Å². The minimum atomic E-state index is -0.326. The first kappa shape index (κ1) is 16.1. The second-order valence-electron chi connectivity index (χ2n) is 6.68. The first-order valence-electron chi connectivity index (χ1n) is 8.25. The van der Waals surface area contributed by atoms with Crippen LogP contribution >= 0.6 is 0 Å². The number of ether oxygens (including phenoxy) is 2. The van der Waals surface area contributed by atoms with Gasteiger partial charge in [0.25, 0.3) is 0 Å². The van der Waals surface area contributed by atoms with E-state index in [9.17, 15) is 9.90 Å². The van der Waals surface area contributed by atoms with Crippen LogP contribution in [-0.4, -0.2) is 49.3 Å². The monoisotopic (exact) mass is 319 g/mol. The predicted molar refractivity (Wildman–Crippen MR) is 86.7 cm³/mol. The summed E-state index contributed by atoms with van der Waals surface area (Å²) in [5.74, 6) is 1.72. The number of hydrogen-bond donors (Lipinski definition) is 1. The van der Waals surface area contributed by atoms with Crippen LogP contribution in [0.3, 0.4) is 0 Å². The van der Waals surface area contributed by atoms with Gasteiger partial charge in [0.05, 0.1) is 20.3 Å². The van der Waals surface area contributed by atoms with E-state index in [2.05, 4.69) is 0 Å². The molecule has 0 aromatic heterocycles.